The number of hydrogen-bond acceptors (Lipinski definition) is 6. The van der Waals surface area contributed by atoms with Crippen LogP contribution in [0.4, 0.5) is 11.4 Å². The van der Waals surface area contributed by atoms with Gasteiger partial charge in [0.2, 0.25) is 5.91 Å². The van der Waals surface area contributed by atoms with Crippen molar-refractivity contribution in [3.63, 3.8) is 0 Å². The molecule has 0 saturated carbocycles. The third-order valence-electron chi connectivity index (χ3n) is 6.11. The molecule has 0 aromatic heterocycles. The Kier molecular flexibility index (Phi) is 9.58. The molecule has 0 bridgehead atoms. The van der Waals surface area contributed by atoms with E-state index in [9.17, 15) is 14.4 Å². The fourth-order valence-electron chi connectivity index (χ4n) is 4.08. The molecular weight excluding hydrogens is 484 g/mol. The number of benzene rings is 3. The quantitative estimate of drug-likeness (QED) is 0.357. The molecule has 3 amide bonds. The highest BCUT2D eigenvalue weighted by Crippen LogP contribution is 2.23. The topological polar surface area (TPSA) is 109 Å². The molecule has 0 unspecified atom stereocenters. The van der Waals surface area contributed by atoms with Crippen LogP contribution >= 0.6 is 0 Å². The third kappa shape index (κ3) is 7.48. The summed E-state index contributed by atoms with van der Waals surface area (Å²) in [6, 6.07) is 22.1. The highest BCUT2D eigenvalue weighted by atomic mass is 16.5. The summed E-state index contributed by atoms with van der Waals surface area (Å²) < 4.78 is 10.3. The van der Waals surface area contributed by atoms with Crippen LogP contribution in [0.3, 0.4) is 0 Å². The van der Waals surface area contributed by atoms with Crippen molar-refractivity contribution in [2.24, 2.45) is 0 Å². The first-order chi connectivity index (χ1) is 18.5. The number of anilines is 2. The number of amides is 3. The predicted octanol–water partition coefficient (Wildman–Crippen LogP) is 3.25. The smallest absolute Gasteiger partial charge is 0.255 e. The van der Waals surface area contributed by atoms with E-state index >= 15 is 0 Å². The Bertz CT molecular complexity index is 1240. The summed E-state index contributed by atoms with van der Waals surface area (Å²) in [5.74, 6) is -0.994. The van der Waals surface area contributed by atoms with Gasteiger partial charge in [0.15, 0.2) is 0 Å². The lowest BCUT2D eigenvalue weighted by molar-refractivity contribution is -0.118. The summed E-state index contributed by atoms with van der Waals surface area (Å²) in [5, 5.41) is 8.46. The van der Waals surface area contributed by atoms with Crippen molar-refractivity contribution in [3.05, 3.63) is 83.9 Å². The van der Waals surface area contributed by atoms with Gasteiger partial charge in [0.1, 0.15) is 0 Å². The van der Waals surface area contributed by atoms with E-state index in [-0.39, 0.29) is 35.5 Å². The molecule has 3 aromatic rings. The maximum absolute atomic E-state index is 13.1. The van der Waals surface area contributed by atoms with Gasteiger partial charge in [-0.1, -0.05) is 42.5 Å². The lowest BCUT2D eigenvalue weighted by atomic mass is 10.1. The average molecular weight is 517 g/mol. The molecule has 4 rings (SSSR count). The van der Waals surface area contributed by atoms with E-state index in [4.69, 9.17) is 9.47 Å². The largest absolute Gasteiger partial charge is 0.383 e. The maximum Gasteiger partial charge on any atom is 0.255 e. The zero-order valence-corrected chi connectivity index (χ0v) is 21.4. The van der Waals surface area contributed by atoms with Gasteiger partial charge in [-0.15, -0.1) is 0 Å². The minimum atomic E-state index is -0.368. The first-order valence-electron chi connectivity index (χ1n) is 12.5. The van der Waals surface area contributed by atoms with Crippen molar-refractivity contribution in [1.82, 2.24) is 10.2 Å². The van der Waals surface area contributed by atoms with Crippen LogP contribution in [0.25, 0.3) is 11.1 Å². The summed E-state index contributed by atoms with van der Waals surface area (Å²) >= 11 is 0. The van der Waals surface area contributed by atoms with Crippen LogP contribution in [-0.4, -0.2) is 75.7 Å². The van der Waals surface area contributed by atoms with Crippen LogP contribution in [0, 0.1) is 0 Å². The molecule has 3 N–H and O–H groups in total. The molecule has 0 atom stereocenters. The number of morpholine rings is 1. The molecule has 0 radical (unpaired) electrons. The standard InChI is InChI=1S/C29H32N4O5/c1-37-16-13-30-29(36)25-12-9-23(19-26(25)32-27(34)20-33-14-17-38-18-15-33)28(35)31-24-10-7-22(8-11-24)21-5-3-2-4-6-21/h2-12,19H,13-18,20H2,1H3,(H,30,36)(H,31,35)(H,32,34). The first kappa shape index (κ1) is 27.0. The van der Waals surface area contributed by atoms with Gasteiger partial charge in [-0.25, -0.2) is 0 Å². The number of nitrogens with one attached hydrogen (secondary N) is 3. The third-order valence-corrected chi connectivity index (χ3v) is 6.11. The number of nitrogens with zero attached hydrogens (tertiary/aromatic N) is 1. The Labute approximate surface area is 222 Å². The number of rotatable bonds is 10. The average Bonchev–Trinajstić information content (AvgIpc) is 2.94. The molecule has 1 saturated heterocycles. The first-order valence-corrected chi connectivity index (χ1v) is 12.5. The Hall–Kier alpha value is -4.05. The Balaban J connectivity index is 1.48. The Morgan fingerprint density at radius 2 is 1.58 bits per heavy atom. The predicted molar refractivity (Wildman–Crippen MR) is 146 cm³/mol. The fraction of sp³-hybridized carbons (Fsp3) is 0.276. The zero-order chi connectivity index (χ0) is 26.7. The van der Waals surface area contributed by atoms with Crippen molar-refractivity contribution < 1.29 is 23.9 Å². The van der Waals surface area contributed by atoms with Gasteiger partial charge in [0.05, 0.1) is 37.6 Å². The molecule has 0 spiro atoms. The minimum absolute atomic E-state index is 0.165. The Morgan fingerprint density at radius 3 is 2.29 bits per heavy atom. The van der Waals surface area contributed by atoms with Crippen molar-refractivity contribution >= 4 is 29.1 Å². The minimum Gasteiger partial charge on any atom is -0.383 e. The molecule has 1 aliphatic rings. The van der Waals surface area contributed by atoms with Crippen molar-refractivity contribution in [3.8, 4) is 11.1 Å². The molecule has 198 valence electrons. The van der Waals surface area contributed by atoms with Crippen LogP contribution in [0.2, 0.25) is 0 Å². The monoisotopic (exact) mass is 516 g/mol. The number of carbonyl (C=O) groups excluding carboxylic acids is 3. The second-order valence-electron chi connectivity index (χ2n) is 8.84. The number of hydrogen-bond donors (Lipinski definition) is 3. The van der Waals surface area contributed by atoms with E-state index in [2.05, 4.69) is 16.0 Å². The SMILES string of the molecule is COCCNC(=O)c1ccc(C(=O)Nc2ccc(-c3ccccc3)cc2)cc1NC(=O)CN1CCOCC1. The molecule has 3 aromatic carbocycles. The summed E-state index contributed by atoms with van der Waals surface area (Å²) in [6.07, 6.45) is 0. The van der Waals surface area contributed by atoms with Crippen LogP contribution in [0.15, 0.2) is 72.8 Å². The van der Waals surface area contributed by atoms with Crippen molar-refractivity contribution in [2.75, 3.05) is 63.7 Å². The lowest BCUT2D eigenvalue weighted by Gasteiger charge is -2.26. The number of carbonyl (C=O) groups is 3. The van der Waals surface area contributed by atoms with Crippen LogP contribution < -0.4 is 16.0 Å². The molecule has 38 heavy (non-hydrogen) atoms. The maximum atomic E-state index is 13.1. The van der Waals surface area contributed by atoms with Gasteiger partial charge in [-0.3, -0.25) is 19.3 Å². The molecule has 9 nitrogen and oxygen atoms in total. The van der Waals surface area contributed by atoms with Crippen molar-refractivity contribution in [1.29, 1.82) is 0 Å². The molecule has 0 aliphatic carbocycles. The van der Waals surface area contributed by atoms with E-state index in [1.165, 1.54) is 6.07 Å². The number of methoxy groups -OCH3 is 1. The second-order valence-corrected chi connectivity index (χ2v) is 8.84. The van der Waals surface area contributed by atoms with E-state index < -0.39 is 0 Å². The summed E-state index contributed by atoms with van der Waals surface area (Å²) in [6.45, 7) is 3.29. The molecule has 1 heterocycles. The molecule has 1 fully saturated rings. The molecular formula is C29H32N4O5. The van der Waals surface area contributed by atoms with Gasteiger partial charge in [-0.2, -0.15) is 0 Å². The fourth-order valence-corrected chi connectivity index (χ4v) is 4.08. The molecule has 1 aliphatic heterocycles. The second kappa shape index (κ2) is 13.5. The van der Waals surface area contributed by atoms with Crippen molar-refractivity contribution in [2.45, 2.75) is 0 Å². The molecule has 9 heteroatoms. The van der Waals surface area contributed by atoms with Crippen LogP contribution in [0.5, 0.6) is 0 Å². The van der Waals surface area contributed by atoms with Crippen LogP contribution in [0.1, 0.15) is 20.7 Å². The summed E-state index contributed by atoms with van der Waals surface area (Å²) in [4.78, 5) is 40.6. The summed E-state index contributed by atoms with van der Waals surface area (Å²) in [5.41, 5.74) is 3.60. The van der Waals surface area contributed by atoms with E-state index in [1.807, 2.05) is 59.5 Å². The van der Waals surface area contributed by atoms with Gasteiger partial charge < -0.3 is 25.4 Å². The van der Waals surface area contributed by atoms with E-state index in [1.54, 1.807) is 19.2 Å². The van der Waals surface area contributed by atoms with Gasteiger partial charge >= 0.3 is 0 Å². The Morgan fingerprint density at radius 1 is 0.868 bits per heavy atom. The van der Waals surface area contributed by atoms with E-state index in [0.717, 1.165) is 11.1 Å². The number of ether oxygens (including phenoxy) is 2. The highest BCUT2D eigenvalue weighted by molar-refractivity contribution is 6.09. The van der Waals surface area contributed by atoms with Crippen LogP contribution in [-0.2, 0) is 14.3 Å². The summed E-state index contributed by atoms with van der Waals surface area (Å²) in [7, 11) is 1.55. The normalized spacial score (nSPS) is 13.5. The van der Waals surface area contributed by atoms with Gasteiger partial charge in [0, 0.05) is 38.0 Å². The zero-order valence-electron chi connectivity index (χ0n) is 21.4. The highest BCUT2D eigenvalue weighted by Gasteiger charge is 2.19. The van der Waals surface area contributed by atoms with E-state index in [0.29, 0.717) is 50.7 Å². The van der Waals surface area contributed by atoms with Gasteiger partial charge in [-0.05, 0) is 41.5 Å². The lowest BCUT2D eigenvalue weighted by Crippen LogP contribution is -2.41. The van der Waals surface area contributed by atoms with Gasteiger partial charge in [0.25, 0.3) is 11.8 Å².